The minimum absolute atomic E-state index is 0.0186. The van der Waals surface area contributed by atoms with E-state index in [2.05, 4.69) is 5.32 Å². The SMILES string of the molecule is O=C(O)C[C@H](O)CC(=O)N1C[C@H]2CC(c3ccc(CCCOc4c(F)ccc(F)c4F)cc3)=C(C(=O)N(Cc3ccccc3CCO)C3CC3)[C@@H](C1)N2. The summed E-state index contributed by atoms with van der Waals surface area (Å²) in [7, 11) is 0. The van der Waals surface area contributed by atoms with Crippen molar-refractivity contribution in [2.45, 2.75) is 82.1 Å². The van der Waals surface area contributed by atoms with Crippen molar-refractivity contribution in [2.75, 3.05) is 26.3 Å². The van der Waals surface area contributed by atoms with Gasteiger partial charge in [0.15, 0.2) is 17.4 Å². The molecular weight excluding hydrogens is 691 g/mol. The van der Waals surface area contributed by atoms with E-state index < -0.39 is 47.7 Å². The second kappa shape index (κ2) is 17.0. The summed E-state index contributed by atoms with van der Waals surface area (Å²) in [5.41, 5.74) is 5.11. The van der Waals surface area contributed by atoms with Gasteiger partial charge in [-0.3, -0.25) is 14.4 Å². The van der Waals surface area contributed by atoms with E-state index in [0.717, 1.165) is 46.7 Å². The van der Waals surface area contributed by atoms with Crippen molar-refractivity contribution in [3.8, 4) is 5.75 Å². The Morgan fingerprint density at radius 3 is 2.34 bits per heavy atom. The molecule has 1 aliphatic carbocycles. The van der Waals surface area contributed by atoms with Gasteiger partial charge in [0.1, 0.15) is 0 Å². The number of rotatable bonds is 16. The third kappa shape index (κ3) is 9.27. The summed E-state index contributed by atoms with van der Waals surface area (Å²) < 4.78 is 46.7. The number of nitrogens with zero attached hydrogens (tertiary/aromatic N) is 2. The maximum atomic E-state index is 14.8. The number of benzene rings is 3. The number of carboxylic acids is 1. The predicted octanol–water partition coefficient (Wildman–Crippen LogP) is 4.39. The molecular formula is C40H44F3N3O7. The van der Waals surface area contributed by atoms with E-state index in [1.165, 1.54) is 0 Å². The fourth-order valence-corrected chi connectivity index (χ4v) is 7.31. The van der Waals surface area contributed by atoms with Crippen LogP contribution in [0.3, 0.4) is 0 Å². The van der Waals surface area contributed by atoms with Crippen LogP contribution in [0.4, 0.5) is 13.2 Å². The first-order valence-corrected chi connectivity index (χ1v) is 18.0. The van der Waals surface area contributed by atoms with Gasteiger partial charge >= 0.3 is 5.97 Å². The molecule has 3 aromatic rings. The van der Waals surface area contributed by atoms with E-state index in [9.17, 15) is 37.8 Å². The second-order valence-electron chi connectivity index (χ2n) is 14.0. The van der Waals surface area contributed by atoms with Gasteiger partial charge in [0, 0.05) is 43.9 Å². The number of fused-ring (bicyclic) bond motifs is 2. The zero-order valence-electron chi connectivity index (χ0n) is 29.3. The van der Waals surface area contributed by atoms with Crippen LogP contribution in [0.5, 0.6) is 5.75 Å². The highest BCUT2D eigenvalue weighted by atomic mass is 19.2. The Hall–Kier alpha value is -4.72. The van der Waals surface area contributed by atoms with E-state index in [-0.39, 0.29) is 50.1 Å². The predicted molar refractivity (Wildman–Crippen MR) is 189 cm³/mol. The maximum Gasteiger partial charge on any atom is 0.305 e. The van der Waals surface area contributed by atoms with Gasteiger partial charge in [-0.15, -0.1) is 0 Å². The zero-order chi connectivity index (χ0) is 37.6. The Labute approximate surface area is 305 Å². The number of halogens is 3. The molecule has 0 aromatic heterocycles. The Morgan fingerprint density at radius 2 is 1.64 bits per heavy atom. The van der Waals surface area contributed by atoms with Gasteiger partial charge in [0.2, 0.25) is 11.7 Å². The summed E-state index contributed by atoms with van der Waals surface area (Å²) in [5, 5.41) is 32.5. The van der Waals surface area contributed by atoms with Crippen LogP contribution >= 0.6 is 0 Å². The first kappa shape index (κ1) is 38.0. The highest BCUT2D eigenvalue weighted by Crippen LogP contribution is 2.38. The molecule has 2 amide bonds. The second-order valence-corrected chi connectivity index (χ2v) is 14.0. The number of piperazine rings is 1. The maximum absolute atomic E-state index is 14.8. The highest BCUT2D eigenvalue weighted by Gasteiger charge is 2.43. The Morgan fingerprint density at radius 1 is 0.925 bits per heavy atom. The fourth-order valence-electron chi connectivity index (χ4n) is 7.31. The largest absolute Gasteiger partial charge is 0.488 e. The van der Waals surface area contributed by atoms with Crippen LogP contribution in [-0.4, -0.2) is 93.4 Å². The summed E-state index contributed by atoms with van der Waals surface area (Å²) >= 11 is 0. The van der Waals surface area contributed by atoms with Crippen LogP contribution in [0.2, 0.25) is 0 Å². The normalized spacial score (nSPS) is 18.8. The zero-order valence-corrected chi connectivity index (χ0v) is 29.3. The number of hydrogen-bond acceptors (Lipinski definition) is 7. The van der Waals surface area contributed by atoms with Crippen LogP contribution in [0.15, 0.2) is 66.2 Å². The van der Waals surface area contributed by atoms with Crippen LogP contribution in [0.1, 0.15) is 60.8 Å². The average Bonchev–Trinajstić information content (AvgIpc) is 3.97. The van der Waals surface area contributed by atoms with E-state index >= 15 is 0 Å². The summed E-state index contributed by atoms with van der Waals surface area (Å²) in [6.45, 7) is 0.810. The molecule has 282 valence electrons. The Balaban J connectivity index is 1.24. The number of aliphatic hydroxyl groups excluding tert-OH is 2. The number of carbonyl (C=O) groups excluding carboxylic acids is 2. The van der Waals surface area contributed by atoms with Crippen molar-refractivity contribution in [2.24, 2.45) is 0 Å². The molecule has 2 bridgehead atoms. The van der Waals surface area contributed by atoms with Crippen LogP contribution in [0, 0.1) is 17.5 Å². The summed E-state index contributed by atoms with van der Waals surface area (Å²) in [6, 6.07) is 16.3. The van der Waals surface area contributed by atoms with Gasteiger partial charge in [-0.25, -0.2) is 8.78 Å². The van der Waals surface area contributed by atoms with Gasteiger partial charge in [0.25, 0.3) is 5.91 Å². The number of carboxylic acid groups (broad SMARTS) is 1. The van der Waals surface area contributed by atoms with Crippen molar-refractivity contribution >= 4 is 23.4 Å². The molecule has 53 heavy (non-hydrogen) atoms. The lowest BCUT2D eigenvalue weighted by molar-refractivity contribution is -0.141. The average molecular weight is 736 g/mol. The third-order valence-corrected chi connectivity index (χ3v) is 10.1. The molecule has 6 rings (SSSR count). The fraction of sp³-hybridized carbons (Fsp3) is 0.425. The molecule has 0 radical (unpaired) electrons. The van der Waals surface area contributed by atoms with Crippen molar-refractivity contribution in [1.82, 2.24) is 15.1 Å². The molecule has 4 N–H and O–H groups in total. The summed E-state index contributed by atoms with van der Waals surface area (Å²) in [4.78, 5) is 42.7. The number of aliphatic hydroxyl groups is 2. The molecule has 3 aromatic carbocycles. The molecule has 0 spiro atoms. The number of ether oxygens (including phenoxy) is 1. The molecule has 2 fully saturated rings. The molecule has 0 unspecified atom stereocenters. The van der Waals surface area contributed by atoms with Crippen LogP contribution < -0.4 is 10.1 Å². The number of aryl methyl sites for hydroxylation is 1. The number of hydrogen-bond donors (Lipinski definition) is 4. The quantitative estimate of drug-likeness (QED) is 0.126. The molecule has 1 saturated heterocycles. The number of nitrogens with one attached hydrogen (secondary N) is 1. The topological polar surface area (TPSA) is 140 Å². The van der Waals surface area contributed by atoms with E-state index in [1.807, 2.05) is 53.4 Å². The molecule has 10 nitrogen and oxygen atoms in total. The molecule has 13 heteroatoms. The third-order valence-electron chi connectivity index (χ3n) is 10.1. The lowest BCUT2D eigenvalue weighted by atomic mass is 9.82. The smallest absolute Gasteiger partial charge is 0.305 e. The Bertz CT molecular complexity index is 1850. The molecule has 2 heterocycles. The van der Waals surface area contributed by atoms with Gasteiger partial charge in [0.05, 0.1) is 31.6 Å². The minimum atomic E-state index is -1.36. The van der Waals surface area contributed by atoms with E-state index in [0.29, 0.717) is 50.4 Å². The Kier molecular flexibility index (Phi) is 12.2. The first-order chi connectivity index (χ1) is 25.5. The van der Waals surface area contributed by atoms with Crippen molar-refractivity contribution < 1.29 is 47.6 Å². The van der Waals surface area contributed by atoms with Gasteiger partial charge in [-0.05, 0) is 78.5 Å². The van der Waals surface area contributed by atoms with Crippen molar-refractivity contribution in [3.05, 3.63) is 106 Å². The van der Waals surface area contributed by atoms with Gasteiger partial charge < -0.3 is 35.2 Å². The van der Waals surface area contributed by atoms with E-state index in [1.54, 1.807) is 4.90 Å². The monoisotopic (exact) mass is 735 g/mol. The molecule has 1 saturated carbocycles. The summed E-state index contributed by atoms with van der Waals surface area (Å²) in [5.74, 6) is -5.98. The van der Waals surface area contributed by atoms with Crippen LogP contribution in [0.25, 0.3) is 5.57 Å². The minimum Gasteiger partial charge on any atom is -0.488 e. The lowest BCUT2D eigenvalue weighted by Crippen LogP contribution is -2.62. The number of carbonyl (C=O) groups is 3. The first-order valence-electron chi connectivity index (χ1n) is 18.0. The van der Waals surface area contributed by atoms with Gasteiger partial charge in [-0.1, -0.05) is 48.5 Å². The standard InChI is InChI=1S/C40H44F3N3O7/c41-32-13-14-33(42)39(38(32)43)53-17-3-4-24-7-9-26(10-8-24)31-18-28-22-45(35(49)19-30(48)20-36(50)51)23-34(44-28)37(31)40(52)46(29-11-12-29)21-27-6-2-1-5-25(27)15-16-47/h1-2,5-10,13-14,28-30,34,44,47-48H,3-4,11-12,15-23H2,(H,50,51)/t28-,30-,34-/m1/s1. The van der Waals surface area contributed by atoms with Crippen molar-refractivity contribution in [3.63, 3.8) is 0 Å². The lowest BCUT2D eigenvalue weighted by Gasteiger charge is -2.45. The van der Waals surface area contributed by atoms with Crippen molar-refractivity contribution in [1.29, 1.82) is 0 Å². The van der Waals surface area contributed by atoms with Crippen LogP contribution in [-0.2, 0) is 33.8 Å². The van der Waals surface area contributed by atoms with Gasteiger partial charge in [-0.2, -0.15) is 4.39 Å². The highest BCUT2D eigenvalue weighted by molar-refractivity contribution is 6.03. The number of amides is 2. The molecule has 3 atom stereocenters. The molecule has 3 aliphatic rings. The molecule has 2 aliphatic heterocycles. The van der Waals surface area contributed by atoms with E-state index in [4.69, 9.17) is 9.84 Å². The number of aliphatic carboxylic acids is 1. The summed E-state index contributed by atoms with van der Waals surface area (Å²) in [6.07, 6.45) is 1.36.